The maximum absolute atomic E-state index is 10.3. The molecule has 1 aromatic rings. The van der Waals surface area contributed by atoms with Gasteiger partial charge in [-0.15, -0.1) is 0 Å². The summed E-state index contributed by atoms with van der Waals surface area (Å²) in [6.07, 6.45) is 4.40. The molecule has 0 bridgehead atoms. The first kappa shape index (κ1) is 10.5. The van der Waals surface area contributed by atoms with E-state index in [1.807, 2.05) is 0 Å². The van der Waals surface area contributed by atoms with Crippen molar-refractivity contribution >= 4 is 6.29 Å². The van der Waals surface area contributed by atoms with E-state index in [4.69, 9.17) is 5.73 Å². The predicted molar refractivity (Wildman–Crippen MR) is 50.9 cm³/mol. The molecule has 6 heteroatoms. The monoisotopic (exact) mass is 196 g/mol. The summed E-state index contributed by atoms with van der Waals surface area (Å²) in [5.74, 6) is 0. The van der Waals surface area contributed by atoms with Gasteiger partial charge in [-0.2, -0.15) is 4.91 Å². The van der Waals surface area contributed by atoms with E-state index in [-0.39, 0.29) is 12.6 Å². The molecule has 0 fully saturated rings. The maximum Gasteiger partial charge on any atom is 0.169 e. The number of carbonyl (C=O) groups excluding carboxylic acids is 1. The van der Waals surface area contributed by atoms with Crippen LogP contribution in [0.3, 0.4) is 0 Å². The van der Waals surface area contributed by atoms with Crippen LogP contribution < -0.4 is 5.73 Å². The van der Waals surface area contributed by atoms with Gasteiger partial charge in [0.1, 0.15) is 11.7 Å². The van der Waals surface area contributed by atoms with Crippen molar-refractivity contribution in [2.24, 2.45) is 10.9 Å². The predicted octanol–water partition coefficient (Wildman–Crippen LogP) is 0.179. The molecule has 0 spiro atoms. The highest BCUT2D eigenvalue weighted by atomic mass is 16.3. The summed E-state index contributed by atoms with van der Waals surface area (Å²) in [5.41, 5.74) is 5.69. The van der Waals surface area contributed by atoms with Crippen LogP contribution in [0, 0.1) is 4.91 Å². The molecule has 0 amide bonds. The van der Waals surface area contributed by atoms with Crippen molar-refractivity contribution in [3.05, 3.63) is 23.1 Å². The van der Waals surface area contributed by atoms with Gasteiger partial charge in [0.2, 0.25) is 0 Å². The van der Waals surface area contributed by atoms with E-state index in [1.54, 1.807) is 17.1 Å². The lowest BCUT2D eigenvalue weighted by Crippen LogP contribution is -2.19. The SMILES string of the molecule is NCC(CCn1cnc(C=O)c1)N=O. The van der Waals surface area contributed by atoms with Gasteiger partial charge in [0, 0.05) is 19.3 Å². The van der Waals surface area contributed by atoms with Gasteiger partial charge in [-0.25, -0.2) is 4.98 Å². The molecule has 76 valence electrons. The van der Waals surface area contributed by atoms with E-state index in [0.717, 1.165) is 0 Å². The number of aldehydes is 1. The average Bonchev–Trinajstić information content (AvgIpc) is 2.67. The number of imidazole rings is 1. The molecule has 14 heavy (non-hydrogen) atoms. The second kappa shape index (κ2) is 5.23. The fraction of sp³-hybridized carbons (Fsp3) is 0.500. The first-order valence-corrected chi connectivity index (χ1v) is 4.29. The number of aromatic nitrogens is 2. The van der Waals surface area contributed by atoms with Crippen molar-refractivity contribution in [1.82, 2.24) is 9.55 Å². The Balaban J connectivity index is 2.44. The number of hydrogen-bond donors (Lipinski definition) is 1. The minimum Gasteiger partial charge on any atom is -0.337 e. The van der Waals surface area contributed by atoms with Gasteiger partial charge < -0.3 is 10.3 Å². The molecule has 1 aromatic heterocycles. The second-order valence-electron chi connectivity index (χ2n) is 2.94. The molecule has 6 nitrogen and oxygen atoms in total. The van der Waals surface area contributed by atoms with Crippen molar-refractivity contribution in [2.45, 2.75) is 19.0 Å². The molecule has 1 unspecified atom stereocenters. The number of nitrogens with two attached hydrogens (primary N) is 1. The van der Waals surface area contributed by atoms with Crippen molar-refractivity contribution in [1.29, 1.82) is 0 Å². The summed E-state index contributed by atoms with van der Waals surface area (Å²) >= 11 is 0. The van der Waals surface area contributed by atoms with Crippen LogP contribution >= 0.6 is 0 Å². The lowest BCUT2D eigenvalue weighted by atomic mass is 10.2. The number of rotatable bonds is 6. The summed E-state index contributed by atoms with van der Waals surface area (Å²) < 4.78 is 1.73. The van der Waals surface area contributed by atoms with E-state index >= 15 is 0 Å². The molecule has 0 aliphatic carbocycles. The van der Waals surface area contributed by atoms with Gasteiger partial charge >= 0.3 is 0 Å². The highest BCUT2D eigenvalue weighted by Gasteiger charge is 2.06. The minimum absolute atomic E-state index is 0.249. The smallest absolute Gasteiger partial charge is 0.169 e. The summed E-state index contributed by atoms with van der Waals surface area (Å²) in [4.78, 5) is 24.3. The zero-order chi connectivity index (χ0) is 10.4. The van der Waals surface area contributed by atoms with Crippen LogP contribution in [0.2, 0.25) is 0 Å². The Morgan fingerprint density at radius 1 is 1.71 bits per heavy atom. The van der Waals surface area contributed by atoms with Crippen LogP contribution in [-0.4, -0.2) is 28.4 Å². The van der Waals surface area contributed by atoms with Crippen LogP contribution in [-0.2, 0) is 6.54 Å². The minimum atomic E-state index is -0.364. The number of nitroso groups, excluding NO2 is 1. The first-order chi connectivity index (χ1) is 6.80. The van der Waals surface area contributed by atoms with Crippen LogP contribution in [0.25, 0.3) is 0 Å². The fourth-order valence-corrected chi connectivity index (χ4v) is 1.07. The Morgan fingerprint density at radius 3 is 3.00 bits per heavy atom. The number of nitrogens with zero attached hydrogens (tertiary/aromatic N) is 3. The second-order valence-corrected chi connectivity index (χ2v) is 2.94. The molecular formula is C8H12N4O2. The van der Waals surface area contributed by atoms with Gasteiger partial charge in [-0.05, 0) is 6.42 Å². The zero-order valence-electron chi connectivity index (χ0n) is 7.67. The molecule has 0 aliphatic rings. The van der Waals surface area contributed by atoms with Crippen LogP contribution in [0.5, 0.6) is 0 Å². The van der Waals surface area contributed by atoms with Gasteiger partial charge in [-0.3, -0.25) is 4.79 Å². The number of aryl methyl sites for hydroxylation is 1. The van der Waals surface area contributed by atoms with E-state index in [2.05, 4.69) is 10.2 Å². The van der Waals surface area contributed by atoms with Gasteiger partial charge in [-0.1, -0.05) is 5.18 Å². The molecule has 0 saturated carbocycles. The Labute approximate surface area is 81.1 Å². The summed E-state index contributed by atoms with van der Waals surface area (Å²) in [6.45, 7) is 0.840. The number of carbonyl (C=O) groups is 1. The molecule has 1 atom stereocenters. The third-order valence-corrected chi connectivity index (χ3v) is 1.92. The van der Waals surface area contributed by atoms with Crippen LogP contribution in [0.15, 0.2) is 17.7 Å². The maximum atomic E-state index is 10.3. The van der Waals surface area contributed by atoms with Crippen LogP contribution in [0.1, 0.15) is 16.9 Å². The normalized spacial score (nSPS) is 12.4. The molecule has 0 aliphatic heterocycles. The van der Waals surface area contributed by atoms with Crippen molar-refractivity contribution in [3.63, 3.8) is 0 Å². The molecule has 1 heterocycles. The Bertz CT molecular complexity index is 310. The summed E-state index contributed by atoms with van der Waals surface area (Å²) in [7, 11) is 0. The van der Waals surface area contributed by atoms with E-state index in [0.29, 0.717) is 24.9 Å². The highest BCUT2D eigenvalue weighted by Crippen LogP contribution is 2.00. The molecular weight excluding hydrogens is 184 g/mol. The van der Waals surface area contributed by atoms with Crippen molar-refractivity contribution in [3.8, 4) is 0 Å². The first-order valence-electron chi connectivity index (χ1n) is 4.29. The van der Waals surface area contributed by atoms with Crippen molar-refractivity contribution in [2.75, 3.05) is 6.54 Å². The van der Waals surface area contributed by atoms with E-state index < -0.39 is 0 Å². The van der Waals surface area contributed by atoms with E-state index in [1.165, 1.54) is 0 Å². The topological polar surface area (TPSA) is 90.3 Å². The fourth-order valence-electron chi connectivity index (χ4n) is 1.07. The van der Waals surface area contributed by atoms with E-state index in [9.17, 15) is 9.70 Å². The third kappa shape index (κ3) is 2.74. The quantitative estimate of drug-likeness (QED) is 0.519. The lowest BCUT2D eigenvalue weighted by Gasteiger charge is -2.05. The Kier molecular flexibility index (Phi) is 3.93. The molecule has 2 N–H and O–H groups in total. The largest absolute Gasteiger partial charge is 0.337 e. The van der Waals surface area contributed by atoms with Gasteiger partial charge in [0.15, 0.2) is 6.29 Å². The molecule has 1 rings (SSSR count). The average molecular weight is 196 g/mol. The summed E-state index contributed by atoms with van der Waals surface area (Å²) in [5, 5.41) is 2.87. The summed E-state index contributed by atoms with van der Waals surface area (Å²) in [6, 6.07) is -0.364. The third-order valence-electron chi connectivity index (χ3n) is 1.92. The Hall–Kier alpha value is -1.56. The van der Waals surface area contributed by atoms with Gasteiger partial charge in [0.25, 0.3) is 0 Å². The molecule has 0 saturated heterocycles. The Morgan fingerprint density at radius 2 is 2.50 bits per heavy atom. The van der Waals surface area contributed by atoms with Gasteiger partial charge in [0.05, 0.1) is 6.33 Å². The highest BCUT2D eigenvalue weighted by molar-refractivity contribution is 5.70. The molecule has 0 aromatic carbocycles. The lowest BCUT2D eigenvalue weighted by molar-refractivity contribution is 0.111. The zero-order valence-corrected chi connectivity index (χ0v) is 7.67. The standard InChI is InChI=1S/C8H12N4O2/c9-3-7(11-14)1-2-12-4-8(5-13)10-6-12/h4-7H,1-3,9H2. The van der Waals surface area contributed by atoms with Crippen molar-refractivity contribution < 1.29 is 4.79 Å². The number of hydrogen-bond acceptors (Lipinski definition) is 5. The molecule has 0 radical (unpaired) electrons. The van der Waals surface area contributed by atoms with Crippen LogP contribution in [0.4, 0.5) is 0 Å².